The fraction of sp³-hybridized carbons (Fsp3) is 0.300. The summed E-state index contributed by atoms with van der Waals surface area (Å²) in [6, 6.07) is 6.14. The number of hydrogen-bond acceptors (Lipinski definition) is 2. The Labute approximate surface area is 142 Å². The molecular weight excluding hydrogens is 298 g/mol. The summed E-state index contributed by atoms with van der Waals surface area (Å²) in [6.07, 6.45) is 3.60. The summed E-state index contributed by atoms with van der Waals surface area (Å²) in [5, 5.41) is 0. The first-order valence-electron chi connectivity index (χ1n) is 8.15. The molecule has 0 aliphatic carbocycles. The Balaban J connectivity index is 1.95. The number of hydrogen-bond donors (Lipinski definition) is 0. The number of carbonyl (C=O) groups is 1. The van der Waals surface area contributed by atoms with Crippen molar-refractivity contribution in [2.75, 3.05) is 0 Å². The Hall–Kier alpha value is -2.62. The number of ketones is 1. The lowest BCUT2D eigenvalue weighted by molar-refractivity contribution is 0.0972. The van der Waals surface area contributed by atoms with Crippen LogP contribution in [0, 0.1) is 27.7 Å². The van der Waals surface area contributed by atoms with Crippen LogP contribution < -0.4 is 0 Å². The fourth-order valence-electron chi connectivity index (χ4n) is 3.17. The molecule has 1 aromatic carbocycles. The lowest BCUT2D eigenvalue weighted by atomic mass is 10.1. The van der Waals surface area contributed by atoms with Gasteiger partial charge in [0.1, 0.15) is 0 Å². The van der Waals surface area contributed by atoms with Gasteiger partial charge in [0.05, 0.1) is 23.9 Å². The average molecular weight is 321 g/mol. The predicted octanol–water partition coefficient (Wildman–Crippen LogP) is 4.14. The Morgan fingerprint density at radius 3 is 2.58 bits per heavy atom. The molecule has 124 valence electrons. The molecule has 0 spiro atoms. The van der Waals surface area contributed by atoms with Gasteiger partial charge in [0.15, 0.2) is 5.78 Å². The third-order valence-electron chi connectivity index (χ3n) is 4.74. The molecule has 2 aromatic heterocycles. The third kappa shape index (κ3) is 2.68. The molecule has 4 nitrogen and oxygen atoms in total. The minimum absolute atomic E-state index is 0.107. The van der Waals surface area contributed by atoms with Crippen molar-refractivity contribution in [2.24, 2.45) is 0 Å². The summed E-state index contributed by atoms with van der Waals surface area (Å²) in [7, 11) is 0. The lowest BCUT2D eigenvalue weighted by Crippen LogP contribution is -2.11. The van der Waals surface area contributed by atoms with E-state index >= 15 is 0 Å². The van der Waals surface area contributed by atoms with Crippen LogP contribution in [0.5, 0.6) is 0 Å². The highest BCUT2D eigenvalue weighted by molar-refractivity contribution is 5.98. The highest BCUT2D eigenvalue weighted by Crippen LogP contribution is 2.20. The molecule has 0 saturated heterocycles. The standard InChI is InChI=1S/C20H23N3O/c1-6-7-23-15(4)10-17(16(23)5)20(24)11-22-12-21-18-8-13(2)14(3)9-19(18)22/h6,8-10,12H,1,7,11H2,2-5H3. The Morgan fingerprint density at radius 2 is 1.88 bits per heavy atom. The van der Waals surface area contributed by atoms with Gasteiger partial charge in [-0.15, -0.1) is 6.58 Å². The summed E-state index contributed by atoms with van der Waals surface area (Å²) in [5.74, 6) is 0.107. The summed E-state index contributed by atoms with van der Waals surface area (Å²) in [6.45, 7) is 13.0. The van der Waals surface area contributed by atoms with Crippen LogP contribution in [0.3, 0.4) is 0 Å². The number of imidazole rings is 1. The number of rotatable bonds is 5. The van der Waals surface area contributed by atoms with Crippen LogP contribution in [-0.4, -0.2) is 19.9 Å². The lowest BCUT2D eigenvalue weighted by Gasteiger charge is -2.07. The second kappa shape index (κ2) is 6.11. The Bertz CT molecular complexity index is 944. The average Bonchev–Trinajstić information content (AvgIpc) is 3.04. The van der Waals surface area contributed by atoms with E-state index in [1.54, 1.807) is 6.33 Å². The van der Waals surface area contributed by atoms with Gasteiger partial charge < -0.3 is 9.13 Å². The summed E-state index contributed by atoms with van der Waals surface area (Å²) in [5.41, 5.74) is 7.22. The zero-order valence-electron chi connectivity index (χ0n) is 14.8. The second-order valence-electron chi connectivity index (χ2n) is 6.40. The molecule has 0 aliphatic rings. The molecule has 0 N–H and O–H groups in total. The van der Waals surface area contributed by atoms with Crippen LogP contribution in [0.15, 0.2) is 37.2 Å². The van der Waals surface area contributed by atoms with Crippen molar-refractivity contribution in [3.8, 4) is 0 Å². The van der Waals surface area contributed by atoms with Gasteiger partial charge in [-0.1, -0.05) is 6.08 Å². The largest absolute Gasteiger partial charge is 0.345 e. The van der Waals surface area contributed by atoms with Crippen LogP contribution >= 0.6 is 0 Å². The maximum absolute atomic E-state index is 12.8. The van der Waals surface area contributed by atoms with E-state index in [1.807, 2.05) is 30.6 Å². The number of aryl methyl sites for hydroxylation is 3. The van der Waals surface area contributed by atoms with Crippen molar-refractivity contribution < 1.29 is 4.79 Å². The zero-order chi connectivity index (χ0) is 17.4. The van der Waals surface area contributed by atoms with Gasteiger partial charge in [-0.2, -0.15) is 0 Å². The van der Waals surface area contributed by atoms with Crippen LogP contribution in [0.25, 0.3) is 11.0 Å². The smallest absolute Gasteiger partial charge is 0.184 e. The van der Waals surface area contributed by atoms with E-state index in [-0.39, 0.29) is 5.78 Å². The van der Waals surface area contributed by atoms with E-state index in [0.717, 1.165) is 34.5 Å². The highest BCUT2D eigenvalue weighted by Gasteiger charge is 2.16. The number of fused-ring (bicyclic) bond motifs is 1. The molecule has 0 saturated carbocycles. The molecule has 2 heterocycles. The molecule has 0 aliphatic heterocycles. The molecule has 0 fully saturated rings. The first-order chi connectivity index (χ1) is 11.4. The van der Waals surface area contributed by atoms with E-state index < -0.39 is 0 Å². The van der Waals surface area contributed by atoms with Crippen LogP contribution in [0.2, 0.25) is 0 Å². The normalized spacial score (nSPS) is 11.2. The highest BCUT2D eigenvalue weighted by atomic mass is 16.1. The van der Waals surface area contributed by atoms with Gasteiger partial charge in [0.25, 0.3) is 0 Å². The molecule has 3 rings (SSSR count). The van der Waals surface area contributed by atoms with E-state index in [2.05, 4.69) is 42.1 Å². The number of allylic oxidation sites excluding steroid dienone is 1. The van der Waals surface area contributed by atoms with Crippen molar-refractivity contribution in [3.05, 3.63) is 65.3 Å². The summed E-state index contributed by atoms with van der Waals surface area (Å²) >= 11 is 0. The van der Waals surface area contributed by atoms with Gasteiger partial charge in [0, 0.05) is 23.5 Å². The monoisotopic (exact) mass is 321 g/mol. The SMILES string of the molecule is C=CCn1c(C)cc(C(=O)Cn2cnc3cc(C)c(C)cc32)c1C. The van der Waals surface area contributed by atoms with Gasteiger partial charge in [-0.3, -0.25) is 4.79 Å². The first kappa shape index (κ1) is 16.2. The van der Waals surface area contributed by atoms with Crippen molar-refractivity contribution >= 4 is 16.8 Å². The minimum atomic E-state index is 0.107. The van der Waals surface area contributed by atoms with Crippen molar-refractivity contribution in [1.82, 2.24) is 14.1 Å². The maximum Gasteiger partial charge on any atom is 0.184 e. The predicted molar refractivity (Wildman–Crippen MR) is 97.6 cm³/mol. The maximum atomic E-state index is 12.8. The van der Waals surface area contributed by atoms with Gasteiger partial charge in [-0.25, -0.2) is 4.98 Å². The molecule has 0 radical (unpaired) electrons. The number of aromatic nitrogens is 3. The van der Waals surface area contributed by atoms with Crippen molar-refractivity contribution in [2.45, 2.75) is 40.8 Å². The van der Waals surface area contributed by atoms with E-state index in [4.69, 9.17) is 0 Å². The molecular formula is C20H23N3O. The molecule has 3 aromatic rings. The first-order valence-corrected chi connectivity index (χ1v) is 8.15. The molecule has 24 heavy (non-hydrogen) atoms. The summed E-state index contributed by atoms with van der Waals surface area (Å²) < 4.78 is 4.05. The third-order valence-corrected chi connectivity index (χ3v) is 4.74. The van der Waals surface area contributed by atoms with Crippen LogP contribution in [-0.2, 0) is 13.1 Å². The number of nitrogens with zero attached hydrogens (tertiary/aromatic N) is 3. The molecule has 4 heteroatoms. The van der Waals surface area contributed by atoms with Gasteiger partial charge in [0.2, 0.25) is 0 Å². The van der Waals surface area contributed by atoms with Crippen LogP contribution in [0.4, 0.5) is 0 Å². The molecule has 0 amide bonds. The number of Topliss-reactive ketones (excluding diaryl/α,β-unsaturated/α-hetero) is 1. The van der Waals surface area contributed by atoms with Crippen molar-refractivity contribution in [3.63, 3.8) is 0 Å². The number of benzene rings is 1. The fourth-order valence-corrected chi connectivity index (χ4v) is 3.17. The molecule has 0 unspecified atom stereocenters. The number of carbonyl (C=O) groups excluding carboxylic acids is 1. The van der Waals surface area contributed by atoms with E-state index in [0.29, 0.717) is 6.54 Å². The Morgan fingerprint density at radius 1 is 1.17 bits per heavy atom. The quantitative estimate of drug-likeness (QED) is 0.523. The van der Waals surface area contributed by atoms with Gasteiger partial charge >= 0.3 is 0 Å². The van der Waals surface area contributed by atoms with E-state index in [9.17, 15) is 4.79 Å². The summed E-state index contributed by atoms with van der Waals surface area (Å²) in [4.78, 5) is 17.2. The van der Waals surface area contributed by atoms with Gasteiger partial charge in [-0.05, 0) is 57.0 Å². The van der Waals surface area contributed by atoms with E-state index in [1.165, 1.54) is 11.1 Å². The zero-order valence-corrected chi connectivity index (χ0v) is 14.8. The topological polar surface area (TPSA) is 39.8 Å². The van der Waals surface area contributed by atoms with Crippen molar-refractivity contribution in [1.29, 1.82) is 0 Å². The minimum Gasteiger partial charge on any atom is -0.345 e. The molecule has 0 bridgehead atoms. The Kier molecular flexibility index (Phi) is 4.14. The molecule has 0 atom stereocenters. The second-order valence-corrected chi connectivity index (χ2v) is 6.40. The van der Waals surface area contributed by atoms with Crippen LogP contribution in [0.1, 0.15) is 32.9 Å².